The van der Waals surface area contributed by atoms with Gasteiger partial charge in [-0.3, -0.25) is 4.57 Å². The van der Waals surface area contributed by atoms with Crippen LogP contribution in [0.2, 0.25) is 0 Å². The van der Waals surface area contributed by atoms with Crippen molar-refractivity contribution in [1.82, 2.24) is 24.5 Å². The van der Waals surface area contributed by atoms with E-state index in [0.717, 1.165) is 19.3 Å². The van der Waals surface area contributed by atoms with Crippen molar-refractivity contribution in [1.29, 1.82) is 0 Å². The molecule has 3 aromatic heterocycles. The number of anilines is 1. The summed E-state index contributed by atoms with van der Waals surface area (Å²) in [6, 6.07) is 0. The molecule has 4 N–H and O–H groups in total. The minimum atomic E-state index is -1.13. The number of fused-ring (bicyclic) bond motifs is 1. The van der Waals surface area contributed by atoms with Crippen LogP contribution in [0.25, 0.3) is 22.0 Å². The van der Waals surface area contributed by atoms with E-state index in [0.29, 0.717) is 22.0 Å². The van der Waals surface area contributed by atoms with Gasteiger partial charge in [0.15, 0.2) is 34.0 Å². The van der Waals surface area contributed by atoms with Crippen molar-refractivity contribution in [2.75, 3.05) is 12.3 Å². The van der Waals surface area contributed by atoms with Crippen LogP contribution in [0, 0.1) is 11.8 Å². The molecule has 0 radical (unpaired) electrons. The van der Waals surface area contributed by atoms with E-state index in [2.05, 4.69) is 38.7 Å². The smallest absolute Gasteiger partial charge is 0.208 e. The summed E-state index contributed by atoms with van der Waals surface area (Å²) in [7, 11) is 0. The van der Waals surface area contributed by atoms with Crippen LogP contribution in [0.5, 0.6) is 0 Å². The van der Waals surface area contributed by atoms with Crippen LogP contribution >= 0.6 is 11.3 Å². The molecule has 3 atom stereocenters. The zero-order chi connectivity index (χ0) is 19.7. The Labute approximate surface area is 165 Å². The first-order valence-corrected chi connectivity index (χ1v) is 9.90. The van der Waals surface area contributed by atoms with E-state index in [9.17, 15) is 10.2 Å². The number of unbranched alkanes of at least 4 members (excludes halogenated alkanes) is 2. The van der Waals surface area contributed by atoms with Crippen LogP contribution in [-0.2, 0) is 4.74 Å². The summed E-state index contributed by atoms with van der Waals surface area (Å²) in [5.74, 6) is 6.89. The molecular weight excluding hydrogens is 380 g/mol. The average Bonchev–Trinajstić information content (AvgIpc) is 3.39. The van der Waals surface area contributed by atoms with Gasteiger partial charge >= 0.3 is 0 Å². The number of aromatic nitrogens is 5. The summed E-state index contributed by atoms with van der Waals surface area (Å²) in [5, 5.41) is 22.8. The summed E-state index contributed by atoms with van der Waals surface area (Å²) in [6.07, 6.45) is 1.46. The van der Waals surface area contributed by atoms with E-state index in [-0.39, 0.29) is 18.2 Å². The highest BCUT2D eigenvalue weighted by Gasteiger charge is 2.39. The highest BCUT2D eigenvalue weighted by Crippen LogP contribution is 2.35. The number of nitrogen functional groups attached to an aromatic ring is 1. The lowest BCUT2D eigenvalue weighted by Crippen LogP contribution is -2.28. The molecule has 1 aliphatic rings. The number of nitrogens with zero attached hydrogens (tertiary/aromatic N) is 5. The normalized spacial score (nSPS) is 21.8. The number of hydrogen-bond donors (Lipinski definition) is 3. The summed E-state index contributed by atoms with van der Waals surface area (Å²) in [5.41, 5.74) is 6.88. The first-order chi connectivity index (χ1) is 13.6. The van der Waals surface area contributed by atoms with E-state index < -0.39 is 18.4 Å². The summed E-state index contributed by atoms with van der Waals surface area (Å²) < 4.78 is 7.24. The van der Waals surface area contributed by atoms with Gasteiger partial charge in [-0.25, -0.2) is 19.9 Å². The van der Waals surface area contributed by atoms with E-state index in [1.807, 2.05) is 5.38 Å². The number of ether oxygens (including phenoxy) is 1. The zero-order valence-electron chi connectivity index (χ0n) is 15.2. The lowest BCUT2D eigenvalue weighted by molar-refractivity contribution is -0.0153. The van der Waals surface area contributed by atoms with Crippen molar-refractivity contribution in [3.05, 3.63) is 17.4 Å². The number of aliphatic hydroxyl groups excluding tert-OH is 2. The van der Waals surface area contributed by atoms with Crippen molar-refractivity contribution < 1.29 is 14.9 Å². The van der Waals surface area contributed by atoms with E-state index in [1.54, 1.807) is 10.8 Å². The van der Waals surface area contributed by atoms with E-state index >= 15 is 0 Å². The van der Waals surface area contributed by atoms with Crippen LogP contribution < -0.4 is 5.73 Å². The fourth-order valence-corrected chi connectivity index (χ4v) is 3.62. The van der Waals surface area contributed by atoms with Crippen LogP contribution in [0.4, 0.5) is 5.82 Å². The third-order valence-corrected chi connectivity index (χ3v) is 5.19. The molecule has 0 spiro atoms. The monoisotopic (exact) mass is 400 g/mol. The van der Waals surface area contributed by atoms with Crippen LogP contribution in [-0.4, -0.2) is 53.5 Å². The van der Waals surface area contributed by atoms with Crippen LogP contribution in [0.1, 0.15) is 38.2 Å². The predicted octanol–water partition coefficient (Wildman–Crippen LogP) is 1.32. The average molecular weight is 400 g/mol. The Morgan fingerprint density at radius 2 is 2.21 bits per heavy atom. The molecule has 0 unspecified atom stereocenters. The van der Waals surface area contributed by atoms with Gasteiger partial charge in [-0.1, -0.05) is 19.3 Å². The maximum absolute atomic E-state index is 10.4. The number of rotatable bonds is 4. The van der Waals surface area contributed by atoms with Gasteiger partial charge in [0.25, 0.3) is 0 Å². The molecule has 146 valence electrons. The van der Waals surface area contributed by atoms with Crippen molar-refractivity contribution >= 4 is 28.3 Å². The lowest BCUT2D eigenvalue weighted by Gasteiger charge is -2.18. The van der Waals surface area contributed by atoms with E-state index in [4.69, 9.17) is 10.5 Å². The second-order valence-electron chi connectivity index (χ2n) is 6.43. The number of imidazole rings is 1. The summed E-state index contributed by atoms with van der Waals surface area (Å²) in [4.78, 5) is 17.6. The summed E-state index contributed by atoms with van der Waals surface area (Å²) in [6.45, 7) is 2.11. The molecule has 10 heteroatoms. The van der Waals surface area contributed by atoms with Crippen LogP contribution in [0.15, 0.2) is 11.6 Å². The van der Waals surface area contributed by atoms with Gasteiger partial charge in [-0.15, -0.1) is 11.3 Å². The Morgan fingerprint density at radius 3 is 2.89 bits per heavy atom. The SMILES string of the molecule is CCCCC#Cc1nc(N)c2nc(-c3nccs3)n([C@@H]3OC[C@@H](O)[C@H]3O)c2n1. The van der Waals surface area contributed by atoms with E-state index in [1.165, 1.54) is 11.3 Å². The topological polar surface area (TPSA) is 132 Å². The quantitative estimate of drug-likeness (QED) is 0.441. The second kappa shape index (κ2) is 7.81. The molecule has 0 aliphatic carbocycles. The number of aliphatic hydroxyl groups is 2. The van der Waals surface area contributed by atoms with Crippen LogP contribution in [0.3, 0.4) is 0 Å². The third kappa shape index (κ3) is 3.33. The highest BCUT2D eigenvalue weighted by molar-refractivity contribution is 7.13. The molecule has 4 rings (SSSR count). The van der Waals surface area contributed by atoms with Crippen molar-refractivity contribution in [3.63, 3.8) is 0 Å². The fourth-order valence-electron chi connectivity index (χ4n) is 3.00. The summed E-state index contributed by atoms with van der Waals surface area (Å²) >= 11 is 1.38. The molecule has 0 amide bonds. The minimum absolute atomic E-state index is 0.00701. The highest BCUT2D eigenvalue weighted by atomic mass is 32.1. The van der Waals surface area contributed by atoms with Gasteiger partial charge in [-0.05, 0) is 12.3 Å². The third-order valence-electron chi connectivity index (χ3n) is 4.42. The number of thiazole rings is 1. The largest absolute Gasteiger partial charge is 0.388 e. The standard InChI is InChI=1S/C18H20N6O3S/c1-2-3-4-5-6-11-21-14(19)12-15(22-11)24(18-13(26)10(25)9-27-18)16(23-12)17-20-7-8-28-17/h7-8,10,13,18,25-26H,2-4,9H2,1H3,(H2,19,21,22)/t10-,13-,18-/m1/s1. The Hall–Kier alpha value is -2.58. The Bertz CT molecular complexity index is 1040. The Morgan fingerprint density at radius 1 is 1.36 bits per heavy atom. The van der Waals surface area contributed by atoms with Gasteiger partial charge in [0.2, 0.25) is 5.82 Å². The van der Waals surface area contributed by atoms with Gasteiger partial charge in [0, 0.05) is 18.0 Å². The number of nitrogens with two attached hydrogens (primary N) is 1. The molecule has 0 aromatic carbocycles. The molecule has 1 fully saturated rings. The van der Waals surface area contributed by atoms with Gasteiger partial charge in [0.05, 0.1) is 6.61 Å². The Balaban J connectivity index is 1.88. The fraction of sp³-hybridized carbons (Fsp3) is 0.444. The van der Waals surface area contributed by atoms with Crippen molar-refractivity contribution in [3.8, 4) is 22.7 Å². The zero-order valence-corrected chi connectivity index (χ0v) is 16.1. The Kier molecular flexibility index (Phi) is 5.23. The first-order valence-electron chi connectivity index (χ1n) is 9.02. The number of hydrogen-bond acceptors (Lipinski definition) is 9. The maximum atomic E-state index is 10.4. The van der Waals surface area contributed by atoms with Gasteiger partial charge in [0.1, 0.15) is 12.2 Å². The lowest BCUT2D eigenvalue weighted by atomic mass is 10.2. The minimum Gasteiger partial charge on any atom is -0.388 e. The molecule has 4 heterocycles. The predicted molar refractivity (Wildman–Crippen MR) is 104 cm³/mol. The van der Waals surface area contributed by atoms with Gasteiger partial charge < -0.3 is 20.7 Å². The first kappa shape index (κ1) is 18.8. The molecule has 3 aromatic rings. The van der Waals surface area contributed by atoms with Crippen molar-refractivity contribution in [2.45, 2.75) is 44.6 Å². The molecule has 0 saturated carbocycles. The molecule has 0 bridgehead atoms. The maximum Gasteiger partial charge on any atom is 0.208 e. The molecule has 9 nitrogen and oxygen atoms in total. The van der Waals surface area contributed by atoms with Crippen molar-refractivity contribution in [2.24, 2.45) is 0 Å². The molecule has 1 saturated heterocycles. The molecule has 28 heavy (non-hydrogen) atoms. The van der Waals surface area contributed by atoms with Gasteiger partial charge in [-0.2, -0.15) is 0 Å². The second-order valence-corrected chi connectivity index (χ2v) is 7.33. The molecular formula is C18H20N6O3S. The molecule has 1 aliphatic heterocycles.